The van der Waals surface area contributed by atoms with Crippen LogP contribution in [0.3, 0.4) is 0 Å². The molecule has 1 aliphatic rings. The van der Waals surface area contributed by atoms with E-state index in [1.54, 1.807) is 7.11 Å². The van der Waals surface area contributed by atoms with Gasteiger partial charge in [-0.15, -0.1) is 0 Å². The Morgan fingerprint density at radius 1 is 1.21 bits per heavy atom. The molecule has 1 aliphatic heterocycles. The lowest BCUT2D eigenvalue weighted by molar-refractivity contribution is 0.414. The second-order valence-electron chi connectivity index (χ2n) is 5.55. The number of anilines is 1. The summed E-state index contributed by atoms with van der Waals surface area (Å²) in [4.78, 5) is 8.90. The van der Waals surface area contributed by atoms with Gasteiger partial charge in [-0.2, -0.15) is 0 Å². The summed E-state index contributed by atoms with van der Waals surface area (Å²) in [5.74, 6) is 1.63. The van der Waals surface area contributed by atoms with Gasteiger partial charge in [0.2, 0.25) is 0 Å². The molecule has 0 bridgehead atoms. The molecule has 24 heavy (non-hydrogen) atoms. The Bertz CT molecular complexity index is 787. The van der Waals surface area contributed by atoms with Gasteiger partial charge >= 0.3 is 0 Å². The van der Waals surface area contributed by atoms with Gasteiger partial charge in [-0.1, -0.05) is 6.07 Å². The minimum atomic E-state index is 0.793. The van der Waals surface area contributed by atoms with Gasteiger partial charge in [-0.25, -0.2) is 9.97 Å². The predicted octanol–water partition coefficient (Wildman–Crippen LogP) is 2.82. The van der Waals surface area contributed by atoms with E-state index in [2.05, 4.69) is 20.6 Å². The summed E-state index contributed by atoms with van der Waals surface area (Å²) in [7, 11) is 3.50. The van der Waals surface area contributed by atoms with Gasteiger partial charge in [0.1, 0.15) is 17.2 Å². The number of hydrogen-bond acceptors (Lipinski definition) is 5. The summed E-state index contributed by atoms with van der Waals surface area (Å²) in [6.45, 7) is 2.50. The molecule has 0 aromatic carbocycles. The van der Waals surface area contributed by atoms with Gasteiger partial charge in [-0.05, 0) is 44.1 Å². The molecular formula is C18H23N5O. The zero-order valence-corrected chi connectivity index (χ0v) is 14.1. The van der Waals surface area contributed by atoms with Crippen molar-refractivity contribution in [3.05, 3.63) is 42.7 Å². The maximum absolute atomic E-state index is 5.19. The number of methoxy groups -OCH3 is 1. The second-order valence-corrected chi connectivity index (χ2v) is 5.55. The fourth-order valence-electron chi connectivity index (χ4n) is 2.62. The first-order valence-corrected chi connectivity index (χ1v) is 8.19. The highest BCUT2D eigenvalue weighted by Crippen LogP contribution is 2.22. The molecule has 3 aromatic heterocycles. The average molecular weight is 325 g/mol. The van der Waals surface area contributed by atoms with Crippen LogP contribution >= 0.6 is 0 Å². The van der Waals surface area contributed by atoms with E-state index in [1.807, 2.05) is 54.2 Å². The van der Waals surface area contributed by atoms with Gasteiger partial charge in [0.05, 0.1) is 24.7 Å². The average Bonchev–Trinajstić information content (AvgIpc) is 3.34. The quantitative estimate of drug-likeness (QED) is 0.775. The van der Waals surface area contributed by atoms with Crippen LogP contribution in [-0.4, -0.2) is 41.6 Å². The topological polar surface area (TPSA) is 63.5 Å². The molecule has 1 saturated heterocycles. The molecule has 0 unspecified atom stereocenters. The molecule has 2 N–H and O–H groups in total. The number of pyridine rings is 2. The highest BCUT2D eigenvalue weighted by Gasteiger charge is 2.08. The molecular weight excluding hydrogens is 302 g/mol. The standard InChI is InChI=1S/C14H14N4O.C4H9N/c1-15-13-5-3-4-11(17-13)12-9-16-14-8-10(19-2)6-7-18(12)14;1-2-4-5-3-1/h3-9H,1-2H3,(H,15,17);5H,1-4H2. The summed E-state index contributed by atoms with van der Waals surface area (Å²) in [6.07, 6.45) is 6.53. The van der Waals surface area contributed by atoms with Crippen LogP contribution in [0.2, 0.25) is 0 Å². The van der Waals surface area contributed by atoms with E-state index in [1.165, 1.54) is 25.9 Å². The van der Waals surface area contributed by atoms with Crippen molar-refractivity contribution < 1.29 is 4.74 Å². The van der Waals surface area contributed by atoms with E-state index in [9.17, 15) is 0 Å². The number of fused-ring (bicyclic) bond motifs is 1. The summed E-state index contributed by atoms with van der Waals surface area (Å²) in [5.41, 5.74) is 2.67. The molecule has 0 radical (unpaired) electrons. The van der Waals surface area contributed by atoms with Crippen LogP contribution in [0, 0.1) is 0 Å². The van der Waals surface area contributed by atoms with Crippen LogP contribution in [-0.2, 0) is 0 Å². The Balaban J connectivity index is 0.000000290. The Morgan fingerprint density at radius 2 is 2.04 bits per heavy atom. The maximum atomic E-state index is 5.19. The van der Waals surface area contributed by atoms with E-state index >= 15 is 0 Å². The molecule has 0 atom stereocenters. The van der Waals surface area contributed by atoms with Gasteiger partial charge in [0, 0.05) is 19.3 Å². The maximum Gasteiger partial charge on any atom is 0.140 e. The first-order chi connectivity index (χ1) is 11.8. The number of hydrogen-bond donors (Lipinski definition) is 2. The van der Waals surface area contributed by atoms with Gasteiger partial charge in [-0.3, -0.25) is 4.40 Å². The number of nitrogens with one attached hydrogen (secondary N) is 2. The van der Waals surface area contributed by atoms with Crippen LogP contribution in [0.1, 0.15) is 12.8 Å². The molecule has 0 spiro atoms. The highest BCUT2D eigenvalue weighted by molar-refractivity contribution is 5.62. The zero-order chi connectivity index (χ0) is 16.8. The third-order valence-corrected chi connectivity index (χ3v) is 3.95. The van der Waals surface area contributed by atoms with Crippen molar-refractivity contribution in [2.75, 3.05) is 32.6 Å². The Hall–Kier alpha value is -2.60. The minimum Gasteiger partial charge on any atom is -0.497 e. The number of aromatic nitrogens is 3. The zero-order valence-electron chi connectivity index (χ0n) is 14.1. The molecule has 0 aliphatic carbocycles. The fourth-order valence-corrected chi connectivity index (χ4v) is 2.62. The van der Waals surface area contributed by atoms with E-state index in [0.717, 1.165) is 28.6 Å². The first kappa shape index (κ1) is 16.3. The van der Waals surface area contributed by atoms with E-state index < -0.39 is 0 Å². The monoisotopic (exact) mass is 325 g/mol. The molecule has 1 fully saturated rings. The van der Waals surface area contributed by atoms with E-state index in [-0.39, 0.29) is 0 Å². The third kappa shape index (κ3) is 3.65. The number of imidazole rings is 1. The molecule has 6 nitrogen and oxygen atoms in total. The Labute approximate surface area is 141 Å². The van der Waals surface area contributed by atoms with Gasteiger partial charge in [0.15, 0.2) is 0 Å². The lowest BCUT2D eigenvalue weighted by Gasteiger charge is -2.05. The van der Waals surface area contributed by atoms with E-state index in [4.69, 9.17) is 4.74 Å². The van der Waals surface area contributed by atoms with Crippen LogP contribution in [0.5, 0.6) is 5.75 Å². The minimum absolute atomic E-state index is 0.793. The molecule has 126 valence electrons. The summed E-state index contributed by atoms with van der Waals surface area (Å²) >= 11 is 0. The summed E-state index contributed by atoms with van der Waals surface area (Å²) < 4.78 is 7.19. The number of rotatable bonds is 3. The smallest absolute Gasteiger partial charge is 0.140 e. The lowest BCUT2D eigenvalue weighted by atomic mass is 10.3. The van der Waals surface area contributed by atoms with Crippen molar-refractivity contribution in [1.82, 2.24) is 19.7 Å². The molecule has 6 heteroatoms. The Morgan fingerprint density at radius 3 is 2.71 bits per heavy atom. The second kappa shape index (κ2) is 7.79. The van der Waals surface area contributed by atoms with Crippen LogP contribution in [0.25, 0.3) is 17.0 Å². The largest absolute Gasteiger partial charge is 0.497 e. The van der Waals surface area contributed by atoms with E-state index in [0.29, 0.717) is 0 Å². The van der Waals surface area contributed by atoms with Gasteiger partial charge < -0.3 is 15.4 Å². The normalized spacial score (nSPS) is 13.4. The van der Waals surface area contributed by atoms with Crippen molar-refractivity contribution in [2.45, 2.75) is 12.8 Å². The SMILES string of the molecule is C1CCNC1.CNc1cccc(-c2cnc3cc(OC)ccn23)n1. The van der Waals surface area contributed by atoms with Crippen molar-refractivity contribution in [1.29, 1.82) is 0 Å². The van der Waals surface area contributed by atoms with Crippen molar-refractivity contribution in [3.8, 4) is 17.1 Å². The molecule has 4 heterocycles. The highest BCUT2D eigenvalue weighted by atomic mass is 16.5. The predicted molar refractivity (Wildman–Crippen MR) is 96.6 cm³/mol. The fraction of sp³-hybridized carbons (Fsp3) is 0.333. The van der Waals surface area contributed by atoms with Crippen molar-refractivity contribution in [3.63, 3.8) is 0 Å². The van der Waals surface area contributed by atoms with Crippen LogP contribution < -0.4 is 15.4 Å². The summed E-state index contributed by atoms with van der Waals surface area (Å²) in [6, 6.07) is 9.66. The van der Waals surface area contributed by atoms with Crippen LogP contribution in [0.4, 0.5) is 5.82 Å². The third-order valence-electron chi connectivity index (χ3n) is 3.95. The van der Waals surface area contributed by atoms with Crippen molar-refractivity contribution >= 4 is 11.5 Å². The molecule has 4 rings (SSSR count). The number of nitrogens with zero attached hydrogens (tertiary/aromatic N) is 3. The first-order valence-electron chi connectivity index (χ1n) is 8.19. The Kier molecular flexibility index (Phi) is 5.28. The molecule has 0 amide bonds. The van der Waals surface area contributed by atoms with Crippen molar-refractivity contribution in [2.24, 2.45) is 0 Å². The summed E-state index contributed by atoms with van der Waals surface area (Å²) in [5, 5.41) is 6.26. The molecule has 3 aromatic rings. The van der Waals surface area contributed by atoms with Crippen LogP contribution in [0.15, 0.2) is 42.7 Å². The lowest BCUT2D eigenvalue weighted by Crippen LogP contribution is -2.03. The number of ether oxygens (including phenoxy) is 1. The molecule has 0 saturated carbocycles. The van der Waals surface area contributed by atoms with Gasteiger partial charge in [0.25, 0.3) is 0 Å².